The van der Waals surface area contributed by atoms with Crippen molar-refractivity contribution >= 4 is 11.9 Å². The Bertz CT molecular complexity index is 436. The number of aryl methyl sites for hydroxylation is 2. The van der Waals surface area contributed by atoms with E-state index in [1.54, 1.807) is 0 Å². The number of nitrogens with one attached hydrogen (secondary N) is 1. The molecule has 0 fully saturated rings. The maximum atomic E-state index is 11.4. The maximum Gasteiger partial charge on any atom is 0.258 e. The van der Waals surface area contributed by atoms with Crippen LogP contribution in [0.3, 0.4) is 0 Å². The third kappa shape index (κ3) is 4.45. The largest absolute Gasteiger partial charge is 0.548 e. The zero-order chi connectivity index (χ0) is 13.7. The van der Waals surface area contributed by atoms with E-state index in [9.17, 15) is 14.7 Å². The summed E-state index contributed by atoms with van der Waals surface area (Å²) in [5.41, 5.74) is 2.07. The summed E-state index contributed by atoms with van der Waals surface area (Å²) in [4.78, 5) is 21.8. The number of ether oxygens (including phenoxy) is 1. The van der Waals surface area contributed by atoms with Gasteiger partial charge in [0.15, 0.2) is 6.61 Å². The molecule has 0 bridgehead atoms. The van der Waals surface area contributed by atoms with Gasteiger partial charge in [0, 0.05) is 0 Å². The van der Waals surface area contributed by atoms with Crippen molar-refractivity contribution in [2.75, 3.05) is 6.61 Å². The fourth-order valence-electron chi connectivity index (χ4n) is 1.51. The number of amides is 1. The first-order chi connectivity index (χ1) is 8.38. The van der Waals surface area contributed by atoms with Crippen LogP contribution in [-0.2, 0) is 9.59 Å². The van der Waals surface area contributed by atoms with Crippen LogP contribution in [0.25, 0.3) is 0 Å². The average Bonchev–Trinajstić information content (AvgIpc) is 2.25. The molecular weight excluding hydrogens is 234 g/mol. The molecule has 1 atom stereocenters. The molecule has 0 saturated heterocycles. The molecule has 0 aliphatic carbocycles. The second kappa shape index (κ2) is 6.05. The van der Waals surface area contributed by atoms with Crippen LogP contribution in [0.5, 0.6) is 5.75 Å². The van der Waals surface area contributed by atoms with Gasteiger partial charge in [0.05, 0.1) is 12.0 Å². The summed E-state index contributed by atoms with van der Waals surface area (Å²) in [6, 6.07) is 4.58. The lowest BCUT2D eigenvalue weighted by molar-refractivity contribution is -0.307. The number of hydrogen-bond donors (Lipinski definition) is 1. The summed E-state index contributed by atoms with van der Waals surface area (Å²) in [7, 11) is 0. The molecule has 1 N–H and O–H groups in total. The van der Waals surface area contributed by atoms with Crippen molar-refractivity contribution in [2.45, 2.75) is 26.8 Å². The first-order valence-electron chi connectivity index (χ1n) is 5.60. The normalized spacial score (nSPS) is 11.7. The number of hydrogen-bond acceptors (Lipinski definition) is 4. The van der Waals surface area contributed by atoms with Crippen LogP contribution in [-0.4, -0.2) is 24.5 Å². The van der Waals surface area contributed by atoms with Crippen LogP contribution in [0.1, 0.15) is 18.1 Å². The smallest absolute Gasteiger partial charge is 0.258 e. The molecule has 5 heteroatoms. The zero-order valence-electron chi connectivity index (χ0n) is 10.6. The molecule has 1 amide bonds. The molecule has 0 heterocycles. The number of carbonyl (C=O) groups excluding carboxylic acids is 2. The molecule has 1 aromatic rings. The molecule has 98 valence electrons. The zero-order valence-corrected chi connectivity index (χ0v) is 10.6. The van der Waals surface area contributed by atoms with Crippen LogP contribution < -0.4 is 15.2 Å². The fraction of sp³-hybridized carbons (Fsp3) is 0.385. The molecule has 0 unspecified atom stereocenters. The Morgan fingerprint density at radius 2 is 1.83 bits per heavy atom. The molecule has 0 radical (unpaired) electrons. The maximum absolute atomic E-state index is 11.4. The first-order valence-corrected chi connectivity index (χ1v) is 5.60. The van der Waals surface area contributed by atoms with E-state index >= 15 is 0 Å². The van der Waals surface area contributed by atoms with Gasteiger partial charge in [-0.05, 0) is 44.0 Å². The van der Waals surface area contributed by atoms with Gasteiger partial charge in [0.2, 0.25) is 0 Å². The van der Waals surface area contributed by atoms with Gasteiger partial charge in [0.25, 0.3) is 5.91 Å². The number of aliphatic carboxylic acids is 1. The fourth-order valence-corrected chi connectivity index (χ4v) is 1.51. The van der Waals surface area contributed by atoms with Crippen LogP contribution >= 0.6 is 0 Å². The van der Waals surface area contributed by atoms with Gasteiger partial charge >= 0.3 is 0 Å². The minimum Gasteiger partial charge on any atom is -0.548 e. The summed E-state index contributed by atoms with van der Waals surface area (Å²) < 4.78 is 5.28. The summed E-state index contributed by atoms with van der Waals surface area (Å²) in [5.74, 6) is -1.23. The summed E-state index contributed by atoms with van der Waals surface area (Å²) in [6.07, 6.45) is 0. The second-order valence-electron chi connectivity index (χ2n) is 4.22. The number of carbonyl (C=O) groups is 2. The number of benzene rings is 1. The van der Waals surface area contributed by atoms with Crippen molar-refractivity contribution in [1.29, 1.82) is 0 Å². The molecular formula is C13H16NO4-. The Hall–Kier alpha value is -2.04. The number of carboxylic acid groups (broad SMARTS) is 1. The van der Waals surface area contributed by atoms with E-state index in [1.807, 2.05) is 32.0 Å². The van der Waals surface area contributed by atoms with E-state index in [1.165, 1.54) is 6.92 Å². The van der Waals surface area contributed by atoms with Gasteiger partial charge in [-0.3, -0.25) is 4.79 Å². The van der Waals surface area contributed by atoms with Crippen LogP contribution in [0.15, 0.2) is 18.2 Å². The highest BCUT2D eigenvalue weighted by Gasteiger charge is 2.08. The Labute approximate surface area is 106 Å². The molecule has 0 aromatic heterocycles. The Kier molecular flexibility index (Phi) is 4.71. The minimum absolute atomic E-state index is 0.222. The van der Waals surface area contributed by atoms with Gasteiger partial charge in [0.1, 0.15) is 5.75 Å². The summed E-state index contributed by atoms with van der Waals surface area (Å²) >= 11 is 0. The first kappa shape index (κ1) is 14.0. The van der Waals surface area contributed by atoms with Crippen LogP contribution in [0.2, 0.25) is 0 Å². The van der Waals surface area contributed by atoms with E-state index in [0.29, 0.717) is 5.75 Å². The minimum atomic E-state index is -1.32. The lowest BCUT2D eigenvalue weighted by Crippen LogP contribution is -2.47. The average molecular weight is 250 g/mol. The lowest BCUT2D eigenvalue weighted by Gasteiger charge is -2.15. The predicted molar refractivity (Wildman–Crippen MR) is 64.0 cm³/mol. The van der Waals surface area contributed by atoms with Crippen molar-refractivity contribution in [2.24, 2.45) is 0 Å². The lowest BCUT2D eigenvalue weighted by atomic mass is 10.1. The molecule has 1 rings (SSSR count). The number of rotatable bonds is 5. The molecule has 0 aliphatic heterocycles. The van der Waals surface area contributed by atoms with Crippen molar-refractivity contribution in [3.63, 3.8) is 0 Å². The monoisotopic (exact) mass is 250 g/mol. The second-order valence-corrected chi connectivity index (χ2v) is 4.22. The van der Waals surface area contributed by atoms with Gasteiger partial charge in [-0.25, -0.2) is 0 Å². The van der Waals surface area contributed by atoms with Crippen molar-refractivity contribution in [1.82, 2.24) is 5.32 Å². The Morgan fingerprint density at radius 3 is 2.33 bits per heavy atom. The van der Waals surface area contributed by atoms with Crippen LogP contribution in [0.4, 0.5) is 0 Å². The third-order valence-corrected chi connectivity index (χ3v) is 2.30. The van der Waals surface area contributed by atoms with Crippen molar-refractivity contribution in [3.05, 3.63) is 29.3 Å². The van der Waals surface area contributed by atoms with Gasteiger partial charge in [-0.1, -0.05) is 6.07 Å². The molecule has 0 saturated carbocycles. The highest BCUT2D eigenvalue weighted by molar-refractivity contribution is 5.83. The highest BCUT2D eigenvalue weighted by atomic mass is 16.5. The topological polar surface area (TPSA) is 78.5 Å². The van der Waals surface area contributed by atoms with Crippen LogP contribution in [0, 0.1) is 13.8 Å². The predicted octanol–water partition coefficient (Wildman–Crippen LogP) is -0.0632. The Morgan fingerprint density at radius 1 is 1.28 bits per heavy atom. The quantitative estimate of drug-likeness (QED) is 0.794. The number of carboxylic acids is 1. The van der Waals surface area contributed by atoms with E-state index in [-0.39, 0.29) is 6.61 Å². The molecule has 0 aliphatic rings. The highest BCUT2D eigenvalue weighted by Crippen LogP contribution is 2.15. The van der Waals surface area contributed by atoms with E-state index in [2.05, 4.69) is 5.32 Å². The molecule has 0 spiro atoms. The van der Waals surface area contributed by atoms with Gasteiger partial charge in [-0.2, -0.15) is 0 Å². The summed E-state index contributed by atoms with van der Waals surface area (Å²) in [6.45, 7) is 4.97. The van der Waals surface area contributed by atoms with Gasteiger partial charge < -0.3 is 20.0 Å². The molecule has 5 nitrogen and oxygen atoms in total. The molecule has 18 heavy (non-hydrogen) atoms. The van der Waals surface area contributed by atoms with Crippen molar-refractivity contribution in [3.8, 4) is 5.75 Å². The van der Waals surface area contributed by atoms with E-state index < -0.39 is 17.9 Å². The van der Waals surface area contributed by atoms with E-state index in [4.69, 9.17) is 4.74 Å². The van der Waals surface area contributed by atoms with Gasteiger partial charge in [-0.15, -0.1) is 0 Å². The standard InChI is InChI=1S/C13H17NO4/c1-8-4-9(2)6-11(5-8)18-7-12(15)14-10(3)13(16)17/h4-6,10H,7H2,1-3H3,(H,14,15)(H,16,17)/p-1/t10-/m0/s1. The van der Waals surface area contributed by atoms with E-state index in [0.717, 1.165) is 11.1 Å². The molecule has 1 aromatic carbocycles. The summed E-state index contributed by atoms with van der Waals surface area (Å²) in [5, 5.41) is 12.7. The SMILES string of the molecule is Cc1cc(C)cc(OCC(=O)N[C@@H](C)C(=O)[O-])c1. The van der Waals surface area contributed by atoms with Crippen molar-refractivity contribution < 1.29 is 19.4 Å². The third-order valence-electron chi connectivity index (χ3n) is 2.30. The Balaban J connectivity index is 2.50.